The second-order valence-electron chi connectivity index (χ2n) is 6.44. The lowest BCUT2D eigenvalue weighted by molar-refractivity contribution is 0.102. The highest BCUT2D eigenvalue weighted by Crippen LogP contribution is 2.20. The first-order valence-electron chi connectivity index (χ1n) is 8.63. The van der Waals surface area contributed by atoms with E-state index in [9.17, 15) is 4.79 Å². The second-order valence-corrected chi connectivity index (χ2v) is 6.88. The third kappa shape index (κ3) is 5.05. The van der Waals surface area contributed by atoms with Crippen molar-refractivity contribution < 1.29 is 4.79 Å². The quantitative estimate of drug-likeness (QED) is 0.659. The SMILES string of the molecule is Cc1cccc(CNc2cc(C(=O)Nc3ccc(Cl)cc3C)nc(C)n2)c1. The lowest BCUT2D eigenvalue weighted by atomic mass is 10.1. The van der Waals surface area contributed by atoms with Gasteiger partial charge in [-0.25, -0.2) is 9.97 Å². The topological polar surface area (TPSA) is 66.9 Å². The first-order chi connectivity index (χ1) is 12.9. The van der Waals surface area contributed by atoms with Gasteiger partial charge in [0.15, 0.2) is 0 Å². The van der Waals surface area contributed by atoms with Gasteiger partial charge in [0, 0.05) is 23.3 Å². The molecule has 0 aliphatic heterocycles. The van der Waals surface area contributed by atoms with E-state index in [1.165, 1.54) is 5.56 Å². The number of nitrogens with zero attached hydrogens (tertiary/aromatic N) is 2. The molecule has 0 bridgehead atoms. The Morgan fingerprint density at radius 1 is 1.04 bits per heavy atom. The molecule has 27 heavy (non-hydrogen) atoms. The molecule has 0 radical (unpaired) electrons. The number of rotatable bonds is 5. The molecule has 1 heterocycles. The minimum absolute atomic E-state index is 0.287. The zero-order valence-electron chi connectivity index (χ0n) is 15.5. The van der Waals surface area contributed by atoms with Crippen molar-refractivity contribution in [2.75, 3.05) is 10.6 Å². The molecule has 0 unspecified atom stereocenters. The standard InChI is InChI=1S/C21H21ClN4O/c1-13-5-4-6-16(9-13)12-23-20-11-19(24-15(3)25-20)21(27)26-18-8-7-17(22)10-14(18)2/h4-11H,12H2,1-3H3,(H,26,27)(H,23,24,25). The van der Waals surface area contributed by atoms with Crippen molar-refractivity contribution in [1.82, 2.24) is 9.97 Å². The average Bonchev–Trinajstić information content (AvgIpc) is 2.62. The van der Waals surface area contributed by atoms with Gasteiger partial charge in [-0.15, -0.1) is 0 Å². The highest BCUT2D eigenvalue weighted by Gasteiger charge is 2.12. The molecule has 0 spiro atoms. The number of carbonyl (C=O) groups is 1. The van der Waals surface area contributed by atoms with Gasteiger partial charge in [-0.05, 0) is 50.1 Å². The van der Waals surface area contributed by atoms with Crippen molar-refractivity contribution in [3.8, 4) is 0 Å². The van der Waals surface area contributed by atoms with Crippen LogP contribution in [-0.2, 0) is 6.54 Å². The lowest BCUT2D eigenvalue weighted by Crippen LogP contribution is -2.16. The first kappa shape index (κ1) is 18.9. The zero-order valence-corrected chi connectivity index (χ0v) is 16.3. The maximum atomic E-state index is 12.6. The van der Waals surface area contributed by atoms with Crippen LogP contribution in [0.3, 0.4) is 0 Å². The Labute approximate surface area is 163 Å². The van der Waals surface area contributed by atoms with Crippen LogP contribution in [0.1, 0.15) is 33.0 Å². The maximum absolute atomic E-state index is 12.6. The molecule has 1 amide bonds. The Bertz CT molecular complexity index is 988. The fraction of sp³-hybridized carbons (Fsp3) is 0.190. The second kappa shape index (κ2) is 8.18. The summed E-state index contributed by atoms with van der Waals surface area (Å²) in [5, 5.41) is 6.76. The van der Waals surface area contributed by atoms with Crippen molar-refractivity contribution in [2.24, 2.45) is 0 Å². The highest BCUT2D eigenvalue weighted by molar-refractivity contribution is 6.30. The van der Waals surface area contributed by atoms with Crippen molar-refractivity contribution >= 4 is 29.0 Å². The molecule has 3 aromatic rings. The van der Waals surface area contributed by atoms with E-state index in [1.54, 1.807) is 31.2 Å². The number of hydrogen-bond donors (Lipinski definition) is 2. The summed E-state index contributed by atoms with van der Waals surface area (Å²) < 4.78 is 0. The lowest BCUT2D eigenvalue weighted by Gasteiger charge is -2.11. The Balaban J connectivity index is 1.75. The number of aromatic nitrogens is 2. The van der Waals surface area contributed by atoms with E-state index in [0.29, 0.717) is 34.6 Å². The largest absolute Gasteiger partial charge is 0.366 e. The van der Waals surface area contributed by atoms with Gasteiger partial charge in [0.2, 0.25) is 0 Å². The molecule has 0 fully saturated rings. The van der Waals surface area contributed by atoms with E-state index >= 15 is 0 Å². The van der Waals surface area contributed by atoms with Crippen LogP contribution in [0.2, 0.25) is 5.02 Å². The van der Waals surface area contributed by atoms with E-state index in [0.717, 1.165) is 11.1 Å². The van der Waals surface area contributed by atoms with Crippen molar-refractivity contribution in [3.05, 3.63) is 81.8 Å². The summed E-state index contributed by atoms with van der Waals surface area (Å²) in [6.07, 6.45) is 0. The molecule has 0 saturated heterocycles. The third-order valence-electron chi connectivity index (χ3n) is 4.06. The minimum Gasteiger partial charge on any atom is -0.366 e. The molecule has 2 N–H and O–H groups in total. The van der Waals surface area contributed by atoms with Crippen LogP contribution >= 0.6 is 11.6 Å². The van der Waals surface area contributed by atoms with Crippen LogP contribution in [0.5, 0.6) is 0 Å². The molecule has 0 saturated carbocycles. The number of hydrogen-bond acceptors (Lipinski definition) is 4. The van der Waals surface area contributed by atoms with Crippen LogP contribution in [-0.4, -0.2) is 15.9 Å². The molecule has 0 aliphatic carbocycles. The van der Waals surface area contributed by atoms with Gasteiger partial charge in [0.05, 0.1) is 0 Å². The molecular weight excluding hydrogens is 360 g/mol. The summed E-state index contributed by atoms with van der Waals surface area (Å²) in [5.41, 5.74) is 4.25. The van der Waals surface area contributed by atoms with E-state index in [-0.39, 0.29) is 5.91 Å². The van der Waals surface area contributed by atoms with Gasteiger partial charge >= 0.3 is 0 Å². The van der Waals surface area contributed by atoms with Crippen LogP contribution < -0.4 is 10.6 Å². The molecule has 5 nitrogen and oxygen atoms in total. The van der Waals surface area contributed by atoms with Crippen LogP contribution in [0.4, 0.5) is 11.5 Å². The van der Waals surface area contributed by atoms with Crippen molar-refractivity contribution in [2.45, 2.75) is 27.3 Å². The van der Waals surface area contributed by atoms with Crippen LogP contribution in [0.15, 0.2) is 48.5 Å². The van der Waals surface area contributed by atoms with Gasteiger partial charge in [-0.2, -0.15) is 0 Å². The van der Waals surface area contributed by atoms with Gasteiger partial charge in [-0.3, -0.25) is 4.79 Å². The number of anilines is 2. The zero-order chi connectivity index (χ0) is 19.4. The van der Waals surface area contributed by atoms with Crippen LogP contribution in [0, 0.1) is 20.8 Å². The number of halogens is 1. The predicted molar refractivity (Wildman–Crippen MR) is 109 cm³/mol. The average molecular weight is 381 g/mol. The van der Waals surface area contributed by atoms with E-state index in [2.05, 4.69) is 39.7 Å². The highest BCUT2D eigenvalue weighted by atomic mass is 35.5. The summed E-state index contributed by atoms with van der Waals surface area (Å²) in [4.78, 5) is 21.2. The predicted octanol–water partition coefficient (Wildman–Crippen LogP) is 4.92. The summed E-state index contributed by atoms with van der Waals surface area (Å²) in [6, 6.07) is 15.2. The van der Waals surface area contributed by atoms with E-state index in [1.807, 2.05) is 19.1 Å². The third-order valence-corrected chi connectivity index (χ3v) is 4.30. The summed E-state index contributed by atoms with van der Waals surface area (Å²) >= 11 is 5.97. The van der Waals surface area contributed by atoms with Crippen molar-refractivity contribution in [3.63, 3.8) is 0 Å². The number of carbonyl (C=O) groups excluding carboxylic acids is 1. The molecule has 0 atom stereocenters. The molecule has 1 aromatic heterocycles. The normalized spacial score (nSPS) is 10.5. The number of benzene rings is 2. The number of nitrogens with one attached hydrogen (secondary N) is 2. The fourth-order valence-corrected chi connectivity index (χ4v) is 2.97. The first-order valence-corrected chi connectivity index (χ1v) is 9.01. The van der Waals surface area contributed by atoms with E-state index in [4.69, 9.17) is 11.6 Å². The fourth-order valence-electron chi connectivity index (χ4n) is 2.74. The van der Waals surface area contributed by atoms with Gasteiger partial charge < -0.3 is 10.6 Å². The Morgan fingerprint density at radius 3 is 2.59 bits per heavy atom. The Hall–Kier alpha value is -2.92. The molecule has 6 heteroatoms. The Morgan fingerprint density at radius 2 is 1.85 bits per heavy atom. The van der Waals surface area contributed by atoms with Gasteiger partial charge in [0.1, 0.15) is 17.3 Å². The molecule has 3 rings (SSSR count). The number of amides is 1. The van der Waals surface area contributed by atoms with Crippen molar-refractivity contribution in [1.29, 1.82) is 0 Å². The van der Waals surface area contributed by atoms with E-state index < -0.39 is 0 Å². The monoisotopic (exact) mass is 380 g/mol. The van der Waals surface area contributed by atoms with Crippen LogP contribution in [0.25, 0.3) is 0 Å². The molecule has 138 valence electrons. The summed E-state index contributed by atoms with van der Waals surface area (Å²) in [6.45, 7) is 6.33. The molecule has 0 aliphatic rings. The summed E-state index contributed by atoms with van der Waals surface area (Å²) in [5.74, 6) is 0.855. The molecular formula is C21H21ClN4O. The van der Waals surface area contributed by atoms with Gasteiger partial charge in [0.25, 0.3) is 5.91 Å². The maximum Gasteiger partial charge on any atom is 0.274 e. The smallest absolute Gasteiger partial charge is 0.274 e. The summed E-state index contributed by atoms with van der Waals surface area (Å²) in [7, 11) is 0. The molecule has 2 aromatic carbocycles. The Kier molecular flexibility index (Phi) is 5.72. The minimum atomic E-state index is -0.287. The van der Waals surface area contributed by atoms with Gasteiger partial charge in [-0.1, -0.05) is 41.4 Å². The number of aryl methyl sites for hydroxylation is 3.